The molecule has 0 aromatic heterocycles. The molecule has 5 N–H and O–H groups in total. The molecule has 9 nitrogen and oxygen atoms in total. The topological polar surface area (TPSA) is 129 Å². The number of carbonyl (C=O) groups is 2. The van der Waals surface area contributed by atoms with Gasteiger partial charge in [0.2, 0.25) is 5.91 Å². The highest BCUT2D eigenvalue weighted by Gasteiger charge is 2.30. The number of hydrogen-bond donors (Lipinski definition) is 5. The van der Waals surface area contributed by atoms with Crippen molar-refractivity contribution >= 4 is 19.1 Å². The summed E-state index contributed by atoms with van der Waals surface area (Å²) in [7, 11) is 1.38. The fourth-order valence-electron chi connectivity index (χ4n) is 3.51. The predicted octanol–water partition coefficient (Wildman–Crippen LogP) is 1.66. The molecular formula is C24H34BN3O6. The second kappa shape index (κ2) is 13.5. The average molecular weight is 471 g/mol. The van der Waals surface area contributed by atoms with E-state index in [1.807, 2.05) is 44.2 Å². The van der Waals surface area contributed by atoms with Crippen molar-refractivity contribution in [2.75, 3.05) is 14.2 Å². The summed E-state index contributed by atoms with van der Waals surface area (Å²) in [5.41, 5.74) is 1.56. The van der Waals surface area contributed by atoms with Crippen molar-refractivity contribution in [1.82, 2.24) is 16.0 Å². The molecule has 0 spiro atoms. The van der Waals surface area contributed by atoms with E-state index in [9.17, 15) is 19.6 Å². The first-order valence-electron chi connectivity index (χ1n) is 11.2. The van der Waals surface area contributed by atoms with Gasteiger partial charge in [0.1, 0.15) is 17.5 Å². The van der Waals surface area contributed by atoms with Gasteiger partial charge in [0.25, 0.3) is 0 Å². The Balaban J connectivity index is 2.11. The zero-order chi connectivity index (χ0) is 25.1. The van der Waals surface area contributed by atoms with Gasteiger partial charge in [-0.3, -0.25) is 4.79 Å². The molecule has 0 unspecified atom stereocenters. The number of hydrogen-bond acceptors (Lipinski definition) is 6. The van der Waals surface area contributed by atoms with Crippen molar-refractivity contribution in [2.24, 2.45) is 5.92 Å². The molecule has 0 aliphatic carbocycles. The lowest BCUT2D eigenvalue weighted by molar-refractivity contribution is -0.123. The molecule has 0 aliphatic rings. The van der Waals surface area contributed by atoms with E-state index in [1.54, 1.807) is 25.3 Å². The third kappa shape index (κ3) is 8.60. The van der Waals surface area contributed by atoms with Gasteiger partial charge in [0, 0.05) is 18.5 Å². The summed E-state index contributed by atoms with van der Waals surface area (Å²) in [4.78, 5) is 25.7. The van der Waals surface area contributed by atoms with Gasteiger partial charge in [-0.25, -0.2) is 4.79 Å². The number of nitrogens with one attached hydrogen (secondary N) is 3. The molecule has 0 radical (unpaired) electrons. The van der Waals surface area contributed by atoms with Crippen LogP contribution in [0.5, 0.6) is 11.5 Å². The summed E-state index contributed by atoms with van der Waals surface area (Å²) >= 11 is 0. The van der Waals surface area contributed by atoms with Crippen LogP contribution in [-0.4, -0.2) is 55.3 Å². The SMILES string of the molecule is COc1ccc(OC)c(CNC(=O)N[C@@H](Cc2ccccc2)C(=O)N[C@@H](CC(C)C)B(O)O)c1. The minimum absolute atomic E-state index is 0.133. The largest absolute Gasteiger partial charge is 0.497 e. The van der Waals surface area contributed by atoms with E-state index >= 15 is 0 Å². The number of benzene rings is 2. The van der Waals surface area contributed by atoms with Crippen LogP contribution in [0, 0.1) is 5.92 Å². The van der Waals surface area contributed by atoms with Crippen molar-refractivity contribution < 1.29 is 29.1 Å². The molecule has 2 aromatic carbocycles. The minimum atomic E-state index is -1.71. The molecule has 34 heavy (non-hydrogen) atoms. The number of methoxy groups -OCH3 is 2. The lowest BCUT2D eigenvalue weighted by Gasteiger charge is -2.24. The van der Waals surface area contributed by atoms with Gasteiger partial charge < -0.3 is 35.5 Å². The Bertz CT molecular complexity index is 926. The molecule has 0 fully saturated rings. The van der Waals surface area contributed by atoms with Gasteiger partial charge in [0.05, 0.1) is 20.2 Å². The Hall–Kier alpha value is -3.24. The molecule has 2 rings (SSSR count). The second-order valence-electron chi connectivity index (χ2n) is 8.41. The third-order valence-corrected chi connectivity index (χ3v) is 5.24. The Morgan fingerprint density at radius 3 is 2.29 bits per heavy atom. The summed E-state index contributed by atoms with van der Waals surface area (Å²) < 4.78 is 10.6. The molecule has 2 aromatic rings. The fourth-order valence-corrected chi connectivity index (χ4v) is 3.51. The first kappa shape index (κ1) is 27.0. The summed E-state index contributed by atoms with van der Waals surface area (Å²) in [5.74, 6) is -0.00611. The molecule has 0 aliphatic heterocycles. The van der Waals surface area contributed by atoms with Crippen molar-refractivity contribution in [2.45, 2.75) is 45.2 Å². The number of carbonyl (C=O) groups excluding carboxylic acids is 2. The standard InChI is InChI=1S/C24H34BN3O6/c1-16(2)12-22(25(31)32)28-23(29)20(13-17-8-6-5-7-9-17)27-24(30)26-15-18-14-19(33-3)10-11-21(18)34-4/h5-11,14,16,20,22,31-32H,12-13,15H2,1-4H3,(H,28,29)(H2,26,27,30)/t20-,22-/m0/s1. The van der Waals surface area contributed by atoms with E-state index in [4.69, 9.17) is 9.47 Å². The van der Waals surface area contributed by atoms with E-state index in [1.165, 1.54) is 7.11 Å². The molecule has 0 bridgehead atoms. The maximum Gasteiger partial charge on any atom is 0.475 e. The van der Waals surface area contributed by atoms with Gasteiger partial charge in [-0.1, -0.05) is 44.2 Å². The lowest BCUT2D eigenvalue weighted by Crippen LogP contribution is -2.56. The Labute approximate surface area is 201 Å². The van der Waals surface area contributed by atoms with E-state index in [-0.39, 0.29) is 18.9 Å². The smallest absolute Gasteiger partial charge is 0.475 e. The van der Waals surface area contributed by atoms with Gasteiger partial charge in [0.15, 0.2) is 0 Å². The van der Waals surface area contributed by atoms with Crippen LogP contribution in [0.2, 0.25) is 0 Å². The van der Waals surface area contributed by atoms with Crippen LogP contribution in [0.3, 0.4) is 0 Å². The van der Waals surface area contributed by atoms with Gasteiger partial charge >= 0.3 is 13.1 Å². The highest BCUT2D eigenvalue weighted by atomic mass is 16.5. The molecule has 0 saturated carbocycles. The first-order chi connectivity index (χ1) is 16.2. The van der Waals surface area contributed by atoms with Crippen LogP contribution in [0.1, 0.15) is 31.4 Å². The summed E-state index contributed by atoms with van der Waals surface area (Å²) in [5, 5.41) is 27.5. The van der Waals surface area contributed by atoms with Gasteiger partial charge in [-0.2, -0.15) is 0 Å². The summed E-state index contributed by atoms with van der Waals surface area (Å²) in [6.07, 6.45) is 0.613. The Morgan fingerprint density at radius 2 is 1.71 bits per heavy atom. The lowest BCUT2D eigenvalue weighted by atomic mass is 9.75. The number of ether oxygens (including phenoxy) is 2. The maximum atomic E-state index is 13.0. The maximum absolute atomic E-state index is 13.0. The highest BCUT2D eigenvalue weighted by Crippen LogP contribution is 2.23. The monoisotopic (exact) mass is 471 g/mol. The van der Waals surface area contributed by atoms with Crippen LogP contribution in [-0.2, 0) is 17.8 Å². The molecule has 184 valence electrons. The van der Waals surface area contributed by atoms with Crippen LogP contribution >= 0.6 is 0 Å². The molecule has 0 heterocycles. The Kier molecular flexibility index (Phi) is 10.7. The molecular weight excluding hydrogens is 437 g/mol. The summed E-state index contributed by atoms with van der Waals surface area (Å²) in [6, 6.07) is 13.0. The van der Waals surface area contributed by atoms with E-state index in [2.05, 4.69) is 16.0 Å². The number of urea groups is 1. The zero-order valence-electron chi connectivity index (χ0n) is 20.1. The Morgan fingerprint density at radius 1 is 1.00 bits per heavy atom. The zero-order valence-corrected chi connectivity index (χ0v) is 20.1. The molecule has 3 amide bonds. The van der Waals surface area contributed by atoms with E-state index < -0.39 is 31.0 Å². The van der Waals surface area contributed by atoms with Crippen LogP contribution < -0.4 is 25.4 Å². The molecule has 0 saturated heterocycles. The normalized spacial score (nSPS) is 12.4. The molecule has 2 atom stereocenters. The molecule has 10 heteroatoms. The highest BCUT2D eigenvalue weighted by molar-refractivity contribution is 6.43. The second-order valence-corrected chi connectivity index (χ2v) is 8.41. The van der Waals surface area contributed by atoms with Crippen molar-refractivity contribution in [3.05, 3.63) is 59.7 Å². The fraction of sp³-hybridized carbons (Fsp3) is 0.417. The quantitative estimate of drug-likeness (QED) is 0.300. The van der Waals surface area contributed by atoms with Crippen LogP contribution in [0.25, 0.3) is 0 Å². The van der Waals surface area contributed by atoms with Crippen LogP contribution in [0.15, 0.2) is 48.5 Å². The van der Waals surface area contributed by atoms with E-state index in [0.29, 0.717) is 23.5 Å². The van der Waals surface area contributed by atoms with Crippen molar-refractivity contribution in [3.8, 4) is 11.5 Å². The first-order valence-corrected chi connectivity index (χ1v) is 11.2. The van der Waals surface area contributed by atoms with Gasteiger partial charge in [-0.15, -0.1) is 0 Å². The average Bonchev–Trinajstić information content (AvgIpc) is 2.81. The summed E-state index contributed by atoms with van der Waals surface area (Å²) in [6.45, 7) is 3.99. The third-order valence-electron chi connectivity index (χ3n) is 5.24. The van der Waals surface area contributed by atoms with Crippen molar-refractivity contribution in [1.29, 1.82) is 0 Å². The number of amides is 3. The minimum Gasteiger partial charge on any atom is -0.497 e. The van der Waals surface area contributed by atoms with Crippen molar-refractivity contribution in [3.63, 3.8) is 0 Å². The van der Waals surface area contributed by atoms with Gasteiger partial charge in [-0.05, 0) is 36.1 Å². The van der Waals surface area contributed by atoms with E-state index in [0.717, 1.165) is 5.56 Å². The van der Waals surface area contributed by atoms with Crippen LogP contribution in [0.4, 0.5) is 4.79 Å². The predicted molar refractivity (Wildman–Crippen MR) is 130 cm³/mol. The number of rotatable bonds is 12.